The number of rotatable bonds is 2. The van der Waals surface area contributed by atoms with E-state index in [1.807, 2.05) is 11.9 Å². The number of sulfone groups is 1. The summed E-state index contributed by atoms with van der Waals surface area (Å²) in [6.07, 6.45) is 0. The molecule has 1 saturated heterocycles. The summed E-state index contributed by atoms with van der Waals surface area (Å²) >= 11 is 1.69. The lowest BCUT2D eigenvalue weighted by Crippen LogP contribution is -2.35. The zero-order chi connectivity index (χ0) is 14.3. The predicted octanol–water partition coefficient (Wildman–Crippen LogP) is 1.70. The zero-order valence-electron chi connectivity index (χ0n) is 11.6. The number of benzene rings is 1. The van der Waals surface area contributed by atoms with Crippen LogP contribution in [0.25, 0.3) is 0 Å². The molecule has 6 heteroatoms. The van der Waals surface area contributed by atoms with Gasteiger partial charge in [0.1, 0.15) is 0 Å². The van der Waals surface area contributed by atoms with Gasteiger partial charge in [-0.15, -0.1) is 0 Å². The van der Waals surface area contributed by atoms with Gasteiger partial charge in [0.15, 0.2) is 15.0 Å². The van der Waals surface area contributed by atoms with Crippen LogP contribution in [-0.2, 0) is 15.6 Å². The highest BCUT2D eigenvalue weighted by atomic mass is 32.2. The number of aliphatic imine (C=N–C) groups is 1. The van der Waals surface area contributed by atoms with Gasteiger partial charge in [-0.25, -0.2) is 8.42 Å². The van der Waals surface area contributed by atoms with Gasteiger partial charge in [0.05, 0.1) is 23.6 Å². The van der Waals surface area contributed by atoms with Gasteiger partial charge in [-0.05, 0) is 12.5 Å². The van der Waals surface area contributed by atoms with Crippen molar-refractivity contribution in [2.75, 3.05) is 18.6 Å². The Bertz CT molecular complexity index is 638. The fourth-order valence-electron chi connectivity index (χ4n) is 2.65. The van der Waals surface area contributed by atoms with E-state index >= 15 is 0 Å². The van der Waals surface area contributed by atoms with Crippen LogP contribution in [0.4, 0.5) is 0 Å². The topological polar surface area (TPSA) is 49.7 Å². The minimum atomic E-state index is -2.89. The first-order valence-electron chi connectivity index (χ1n) is 6.64. The van der Waals surface area contributed by atoms with E-state index < -0.39 is 9.84 Å². The Morgan fingerprint density at radius 1 is 1.30 bits per heavy atom. The lowest BCUT2D eigenvalue weighted by molar-refractivity contribution is 0.410. The number of thioether (sulfide) groups is 1. The molecule has 1 fully saturated rings. The molecule has 0 radical (unpaired) electrons. The first-order valence-corrected chi connectivity index (χ1v) is 9.45. The maximum Gasteiger partial charge on any atom is 0.159 e. The molecular formula is C14H18N2O2S2. The van der Waals surface area contributed by atoms with Crippen LogP contribution < -0.4 is 0 Å². The first-order chi connectivity index (χ1) is 9.44. The number of aryl methyl sites for hydroxylation is 1. The SMILES string of the molecule is Cc1ccc(CSC2=NC3CS(=O)(=O)CC3N2C)cc1. The summed E-state index contributed by atoms with van der Waals surface area (Å²) in [5, 5.41) is 0.968. The van der Waals surface area contributed by atoms with Crippen LogP contribution in [0.2, 0.25) is 0 Å². The molecule has 2 unspecified atom stereocenters. The highest BCUT2D eigenvalue weighted by Crippen LogP contribution is 2.30. The number of fused-ring (bicyclic) bond motifs is 1. The van der Waals surface area contributed by atoms with Crippen LogP contribution in [0.5, 0.6) is 0 Å². The van der Waals surface area contributed by atoms with Gasteiger partial charge in [0, 0.05) is 12.8 Å². The number of hydrogen-bond acceptors (Lipinski definition) is 5. The van der Waals surface area contributed by atoms with Crippen molar-refractivity contribution in [3.63, 3.8) is 0 Å². The number of amidine groups is 1. The van der Waals surface area contributed by atoms with E-state index in [-0.39, 0.29) is 23.6 Å². The highest BCUT2D eigenvalue weighted by Gasteiger charge is 2.44. The zero-order valence-corrected chi connectivity index (χ0v) is 13.2. The van der Waals surface area contributed by atoms with Gasteiger partial charge in [0.25, 0.3) is 0 Å². The molecule has 0 saturated carbocycles. The molecule has 108 valence electrons. The Morgan fingerprint density at radius 3 is 2.65 bits per heavy atom. The van der Waals surface area contributed by atoms with E-state index in [9.17, 15) is 8.42 Å². The smallest absolute Gasteiger partial charge is 0.159 e. The second-order valence-corrected chi connectivity index (χ2v) is 8.60. The summed E-state index contributed by atoms with van der Waals surface area (Å²) in [6, 6.07) is 8.45. The van der Waals surface area contributed by atoms with E-state index in [1.54, 1.807) is 11.8 Å². The molecule has 20 heavy (non-hydrogen) atoms. The van der Waals surface area contributed by atoms with Gasteiger partial charge in [-0.2, -0.15) is 0 Å². The lowest BCUT2D eigenvalue weighted by Gasteiger charge is -2.20. The van der Waals surface area contributed by atoms with Crippen LogP contribution in [0, 0.1) is 6.92 Å². The Kier molecular flexibility index (Phi) is 3.54. The fourth-order valence-corrected chi connectivity index (χ4v) is 5.61. The van der Waals surface area contributed by atoms with Gasteiger partial charge in [-0.3, -0.25) is 4.99 Å². The van der Waals surface area contributed by atoms with E-state index in [0.717, 1.165) is 10.9 Å². The number of likely N-dealkylation sites (N-methyl/N-ethyl adjacent to an activating group) is 1. The highest BCUT2D eigenvalue weighted by molar-refractivity contribution is 8.13. The third-order valence-corrected chi connectivity index (χ3v) is 6.69. The molecule has 2 atom stereocenters. The predicted molar refractivity (Wildman–Crippen MR) is 83.9 cm³/mol. The van der Waals surface area contributed by atoms with Crippen LogP contribution in [-0.4, -0.2) is 49.1 Å². The summed E-state index contributed by atoms with van der Waals surface area (Å²) in [4.78, 5) is 6.62. The summed E-state index contributed by atoms with van der Waals surface area (Å²) in [5.41, 5.74) is 2.52. The fraction of sp³-hybridized carbons (Fsp3) is 0.500. The minimum Gasteiger partial charge on any atom is -0.348 e. The Morgan fingerprint density at radius 2 is 2.00 bits per heavy atom. The number of nitrogens with zero attached hydrogens (tertiary/aromatic N) is 2. The second kappa shape index (κ2) is 5.07. The molecule has 0 aromatic heterocycles. The molecule has 2 heterocycles. The third kappa shape index (κ3) is 2.72. The van der Waals surface area contributed by atoms with Crippen molar-refractivity contribution in [1.82, 2.24) is 4.90 Å². The molecule has 0 amide bonds. The van der Waals surface area contributed by atoms with E-state index in [0.29, 0.717) is 0 Å². The molecule has 0 bridgehead atoms. The summed E-state index contributed by atoms with van der Waals surface area (Å²) in [7, 11) is -0.941. The van der Waals surface area contributed by atoms with Crippen molar-refractivity contribution < 1.29 is 8.42 Å². The van der Waals surface area contributed by atoms with Gasteiger partial charge in [-0.1, -0.05) is 41.6 Å². The Balaban J connectivity index is 1.66. The minimum absolute atomic E-state index is 0.0421. The number of hydrogen-bond donors (Lipinski definition) is 0. The van der Waals surface area contributed by atoms with Crippen molar-refractivity contribution >= 4 is 26.8 Å². The molecule has 4 nitrogen and oxygen atoms in total. The van der Waals surface area contributed by atoms with E-state index in [4.69, 9.17) is 0 Å². The van der Waals surface area contributed by atoms with Gasteiger partial charge in [0.2, 0.25) is 0 Å². The molecule has 0 aliphatic carbocycles. The average molecular weight is 310 g/mol. The first kappa shape index (κ1) is 13.9. The summed E-state index contributed by atoms with van der Waals surface area (Å²) < 4.78 is 23.2. The molecule has 0 spiro atoms. The monoisotopic (exact) mass is 310 g/mol. The molecule has 0 N–H and O–H groups in total. The Hall–Kier alpha value is -1.01. The van der Waals surface area contributed by atoms with Crippen LogP contribution in [0.1, 0.15) is 11.1 Å². The van der Waals surface area contributed by atoms with Crippen molar-refractivity contribution in [1.29, 1.82) is 0 Å². The van der Waals surface area contributed by atoms with Crippen LogP contribution in [0.15, 0.2) is 29.3 Å². The normalized spacial score (nSPS) is 27.5. The maximum atomic E-state index is 11.6. The largest absolute Gasteiger partial charge is 0.348 e. The maximum absolute atomic E-state index is 11.6. The standard InChI is InChI=1S/C14H18N2O2S2/c1-10-3-5-11(6-4-10)7-19-14-15-12-8-20(17,18)9-13(12)16(14)2/h3-6,12-13H,7-9H2,1-2H3. The van der Waals surface area contributed by atoms with Crippen LogP contribution in [0.3, 0.4) is 0 Å². The molecule has 1 aromatic rings. The van der Waals surface area contributed by atoms with Crippen molar-refractivity contribution in [2.24, 2.45) is 4.99 Å². The van der Waals surface area contributed by atoms with Gasteiger partial charge >= 0.3 is 0 Å². The van der Waals surface area contributed by atoms with E-state index in [1.165, 1.54) is 11.1 Å². The van der Waals surface area contributed by atoms with Crippen molar-refractivity contribution in [3.05, 3.63) is 35.4 Å². The third-order valence-electron chi connectivity index (χ3n) is 3.86. The molecule has 2 aliphatic heterocycles. The van der Waals surface area contributed by atoms with Crippen molar-refractivity contribution in [3.8, 4) is 0 Å². The summed E-state index contributed by atoms with van der Waals surface area (Å²) in [5.74, 6) is 1.32. The lowest BCUT2D eigenvalue weighted by atomic mass is 10.2. The van der Waals surface area contributed by atoms with Gasteiger partial charge < -0.3 is 4.90 Å². The quantitative estimate of drug-likeness (QED) is 0.834. The average Bonchev–Trinajstić information content (AvgIpc) is 2.83. The van der Waals surface area contributed by atoms with Crippen LogP contribution >= 0.6 is 11.8 Å². The van der Waals surface area contributed by atoms with E-state index in [2.05, 4.69) is 36.2 Å². The molecule has 1 aromatic carbocycles. The van der Waals surface area contributed by atoms with Crippen molar-refractivity contribution in [2.45, 2.75) is 24.8 Å². The molecular weight excluding hydrogens is 292 g/mol. The summed E-state index contributed by atoms with van der Waals surface area (Å²) in [6.45, 7) is 2.08. The second-order valence-electron chi connectivity index (χ2n) is 5.51. The Labute approximate surface area is 124 Å². The molecule has 2 aliphatic rings. The molecule has 3 rings (SSSR count).